The summed E-state index contributed by atoms with van der Waals surface area (Å²) >= 11 is 0. The number of benzene rings is 1. The summed E-state index contributed by atoms with van der Waals surface area (Å²) in [5.74, 6) is -0.944. The molecule has 0 aliphatic heterocycles. The molecule has 12 heavy (non-hydrogen) atoms. The van der Waals surface area contributed by atoms with Gasteiger partial charge in [0.15, 0.2) is 0 Å². The molecule has 0 aromatic heterocycles. The van der Waals surface area contributed by atoms with Crippen molar-refractivity contribution in [3.05, 3.63) is 29.8 Å². The van der Waals surface area contributed by atoms with Gasteiger partial charge in [0.1, 0.15) is 5.75 Å². The van der Waals surface area contributed by atoms with Crippen LogP contribution < -0.4 is 9.84 Å². The third-order valence-corrected chi connectivity index (χ3v) is 1.25. The number of ether oxygens (including phenoxy) is 1. The van der Waals surface area contributed by atoms with Crippen molar-refractivity contribution in [2.75, 3.05) is 0 Å². The van der Waals surface area contributed by atoms with Crippen molar-refractivity contribution in [3.8, 4) is 12.0 Å². The molecular formula is C8H4NO3-. The van der Waals surface area contributed by atoms with Crippen molar-refractivity contribution in [1.29, 1.82) is 5.26 Å². The monoisotopic (exact) mass is 162 g/mol. The Bertz CT molecular complexity index is 323. The third-order valence-electron chi connectivity index (χ3n) is 1.25. The topological polar surface area (TPSA) is 73.1 Å². The van der Waals surface area contributed by atoms with Crippen LogP contribution in [0.15, 0.2) is 24.3 Å². The van der Waals surface area contributed by atoms with Gasteiger partial charge in [-0.15, -0.1) is 5.26 Å². The van der Waals surface area contributed by atoms with Crippen molar-refractivity contribution in [3.63, 3.8) is 0 Å². The molecule has 1 aromatic carbocycles. The van der Waals surface area contributed by atoms with Gasteiger partial charge in [0.2, 0.25) is 0 Å². The highest BCUT2D eigenvalue weighted by molar-refractivity contribution is 5.85. The van der Waals surface area contributed by atoms with Gasteiger partial charge in [-0.1, -0.05) is 0 Å². The highest BCUT2D eigenvalue weighted by atomic mass is 16.5. The Morgan fingerprint density at radius 2 is 2.00 bits per heavy atom. The molecule has 0 N–H and O–H groups in total. The molecule has 0 saturated heterocycles. The van der Waals surface area contributed by atoms with Crippen LogP contribution in [0.2, 0.25) is 0 Å². The first-order chi connectivity index (χ1) is 5.74. The Morgan fingerprint density at radius 3 is 2.42 bits per heavy atom. The molecule has 1 rings (SSSR count). The Hall–Kier alpha value is -2.02. The summed E-state index contributed by atoms with van der Waals surface area (Å²) in [4.78, 5) is 10.3. The van der Waals surface area contributed by atoms with Crippen molar-refractivity contribution >= 4 is 5.97 Å². The molecule has 0 unspecified atom stereocenters. The molecule has 4 nitrogen and oxygen atoms in total. The number of hydrogen-bond acceptors (Lipinski definition) is 4. The van der Waals surface area contributed by atoms with Crippen molar-refractivity contribution in [1.82, 2.24) is 0 Å². The minimum absolute atomic E-state index is 0.0558. The van der Waals surface area contributed by atoms with E-state index in [2.05, 4.69) is 4.74 Å². The summed E-state index contributed by atoms with van der Waals surface area (Å²) in [6.45, 7) is 0. The number of carbonyl (C=O) groups excluding carboxylic acids is 1. The second-order valence-corrected chi connectivity index (χ2v) is 2.01. The largest absolute Gasteiger partial charge is 0.545 e. The minimum Gasteiger partial charge on any atom is -0.545 e. The van der Waals surface area contributed by atoms with E-state index in [1.165, 1.54) is 30.5 Å². The van der Waals surface area contributed by atoms with E-state index in [0.29, 0.717) is 5.75 Å². The van der Waals surface area contributed by atoms with Crippen LogP contribution >= 0.6 is 0 Å². The van der Waals surface area contributed by atoms with E-state index in [1.54, 1.807) is 0 Å². The van der Waals surface area contributed by atoms with Gasteiger partial charge in [-0.05, 0) is 29.8 Å². The number of hydrogen-bond donors (Lipinski definition) is 0. The first-order valence-electron chi connectivity index (χ1n) is 3.11. The molecule has 0 radical (unpaired) electrons. The lowest BCUT2D eigenvalue weighted by Gasteiger charge is -2.01. The SMILES string of the molecule is N#COc1ccc(C(=O)[O-])cc1. The van der Waals surface area contributed by atoms with Gasteiger partial charge >= 0.3 is 0 Å². The number of aromatic carboxylic acids is 1. The smallest absolute Gasteiger partial charge is 0.292 e. The molecule has 0 aliphatic rings. The van der Waals surface area contributed by atoms with Crippen molar-refractivity contribution < 1.29 is 14.6 Å². The van der Waals surface area contributed by atoms with E-state index in [1.807, 2.05) is 0 Å². The van der Waals surface area contributed by atoms with E-state index < -0.39 is 5.97 Å². The molecule has 0 saturated carbocycles. The van der Waals surface area contributed by atoms with Gasteiger partial charge in [0, 0.05) is 0 Å². The number of carboxylic acid groups (broad SMARTS) is 1. The number of carboxylic acids is 1. The maximum atomic E-state index is 10.3. The van der Waals surface area contributed by atoms with Crippen LogP contribution in [0.4, 0.5) is 0 Å². The maximum Gasteiger partial charge on any atom is 0.292 e. The Morgan fingerprint density at radius 1 is 1.42 bits per heavy atom. The van der Waals surface area contributed by atoms with E-state index in [4.69, 9.17) is 5.26 Å². The van der Waals surface area contributed by atoms with Gasteiger partial charge in [0.05, 0.1) is 5.97 Å². The van der Waals surface area contributed by atoms with Crippen molar-refractivity contribution in [2.24, 2.45) is 0 Å². The molecule has 0 aliphatic carbocycles. The van der Waals surface area contributed by atoms with E-state index in [-0.39, 0.29) is 5.56 Å². The lowest BCUT2D eigenvalue weighted by molar-refractivity contribution is -0.255. The standard InChI is InChI=1S/C8H5NO3/c9-5-12-7-3-1-6(2-4-7)8(10)11/h1-4H,(H,10,11)/p-1. The summed E-state index contributed by atoms with van der Waals surface area (Å²) < 4.78 is 4.43. The summed E-state index contributed by atoms with van der Waals surface area (Å²) in [6, 6.07) is 5.38. The number of rotatable bonds is 2. The fraction of sp³-hybridized carbons (Fsp3) is 0. The Labute approximate surface area is 68.6 Å². The second kappa shape index (κ2) is 3.39. The van der Waals surface area contributed by atoms with E-state index >= 15 is 0 Å². The fourth-order valence-electron chi connectivity index (χ4n) is 0.712. The highest BCUT2D eigenvalue weighted by Crippen LogP contribution is 2.10. The predicted molar refractivity (Wildman–Crippen MR) is 37.0 cm³/mol. The predicted octanol–water partition coefficient (Wildman–Crippen LogP) is -0.0900. The van der Waals surface area contributed by atoms with Gasteiger partial charge < -0.3 is 14.6 Å². The zero-order valence-electron chi connectivity index (χ0n) is 5.98. The lowest BCUT2D eigenvalue weighted by Crippen LogP contribution is -2.21. The molecule has 0 heterocycles. The number of nitriles is 1. The second-order valence-electron chi connectivity index (χ2n) is 2.01. The van der Waals surface area contributed by atoms with Gasteiger partial charge in [0.25, 0.3) is 6.26 Å². The number of carbonyl (C=O) groups is 1. The average Bonchev–Trinajstić information content (AvgIpc) is 2.06. The van der Waals surface area contributed by atoms with Gasteiger partial charge in [-0.25, -0.2) is 0 Å². The van der Waals surface area contributed by atoms with Crippen molar-refractivity contribution in [2.45, 2.75) is 0 Å². The van der Waals surface area contributed by atoms with Gasteiger partial charge in [-0.2, -0.15) is 0 Å². The summed E-state index contributed by atoms with van der Waals surface area (Å²) in [6.07, 6.45) is 1.47. The molecule has 4 heteroatoms. The van der Waals surface area contributed by atoms with E-state index in [9.17, 15) is 9.90 Å². The zero-order valence-corrected chi connectivity index (χ0v) is 5.98. The first-order valence-corrected chi connectivity index (χ1v) is 3.11. The summed E-state index contributed by atoms with van der Waals surface area (Å²) in [5, 5.41) is 18.4. The number of nitrogens with zero attached hydrogens (tertiary/aromatic N) is 1. The average molecular weight is 162 g/mol. The quantitative estimate of drug-likeness (QED) is 0.569. The van der Waals surface area contributed by atoms with Crippen LogP contribution in [0.5, 0.6) is 5.75 Å². The van der Waals surface area contributed by atoms with Crippen LogP contribution in [0.3, 0.4) is 0 Å². The van der Waals surface area contributed by atoms with Crippen LogP contribution in [-0.4, -0.2) is 5.97 Å². The molecule has 0 spiro atoms. The lowest BCUT2D eigenvalue weighted by atomic mass is 10.2. The summed E-state index contributed by atoms with van der Waals surface area (Å²) in [7, 11) is 0. The molecular weight excluding hydrogens is 158 g/mol. The highest BCUT2D eigenvalue weighted by Gasteiger charge is 1.94. The Kier molecular flexibility index (Phi) is 2.29. The van der Waals surface area contributed by atoms with Crippen LogP contribution in [0.25, 0.3) is 0 Å². The molecule has 0 fully saturated rings. The molecule has 1 aromatic rings. The van der Waals surface area contributed by atoms with Crippen LogP contribution in [-0.2, 0) is 0 Å². The Balaban J connectivity index is 2.87. The third kappa shape index (κ3) is 1.73. The van der Waals surface area contributed by atoms with Crippen LogP contribution in [0, 0.1) is 11.5 Å². The van der Waals surface area contributed by atoms with E-state index in [0.717, 1.165) is 0 Å². The zero-order chi connectivity index (χ0) is 8.97. The van der Waals surface area contributed by atoms with Crippen LogP contribution in [0.1, 0.15) is 10.4 Å². The molecule has 0 bridgehead atoms. The molecule has 0 amide bonds. The molecule has 0 atom stereocenters. The first kappa shape index (κ1) is 8.08. The van der Waals surface area contributed by atoms with Gasteiger partial charge in [-0.3, -0.25) is 0 Å². The summed E-state index contributed by atoms with van der Waals surface area (Å²) in [5.41, 5.74) is 0.0558. The molecule has 60 valence electrons. The maximum absolute atomic E-state index is 10.3. The minimum atomic E-state index is -1.25. The normalized spacial score (nSPS) is 8.58. The fourth-order valence-corrected chi connectivity index (χ4v) is 0.712.